The van der Waals surface area contributed by atoms with Crippen LogP contribution in [0.2, 0.25) is 0 Å². The first-order valence-corrected chi connectivity index (χ1v) is 11.1. The van der Waals surface area contributed by atoms with Crippen LogP contribution in [0.5, 0.6) is 5.75 Å². The van der Waals surface area contributed by atoms with E-state index in [0.29, 0.717) is 18.8 Å². The summed E-state index contributed by atoms with van der Waals surface area (Å²) in [5.74, 6) is 1.26. The van der Waals surface area contributed by atoms with Crippen LogP contribution in [0.15, 0.2) is 61.1 Å². The molecule has 1 saturated carbocycles. The Bertz CT molecular complexity index is 1050. The Balaban J connectivity index is 1.31. The highest BCUT2D eigenvalue weighted by molar-refractivity contribution is 5.83. The van der Waals surface area contributed by atoms with Crippen molar-refractivity contribution in [1.29, 1.82) is 0 Å². The van der Waals surface area contributed by atoms with Crippen LogP contribution in [0.3, 0.4) is 0 Å². The Morgan fingerprint density at radius 1 is 1.16 bits per heavy atom. The number of hydrogen-bond acceptors (Lipinski definition) is 6. The van der Waals surface area contributed by atoms with Crippen molar-refractivity contribution < 1.29 is 14.6 Å². The molecule has 1 aromatic carbocycles. The first-order chi connectivity index (χ1) is 15.7. The molecule has 1 aliphatic heterocycles. The molecule has 3 aromatic rings. The van der Waals surface area contributed by atoms with Gasteiger partial charge in [0.25, 0.3) is 5.91 Å². The van der Waals surface area contributed by atoms with E-state index in [-0.39, 0.29) is 11.9 Å². The van der Waals surface area contributed by atoms with Crippen molar-refractivity contribution in [1.82, 2.24) is 20.1 Å². The maximum atomic E-state index is 13.0. The molecule has 0 bridgehead atoms. The fourth-order valence-electron chi connectivity index (χ4n) is 4.42. The highest BCUT2D eigenvalue weighted by atomic mass is 16.5. The smallest absolute Gasteiger partial charge is 0.263 e. The Morgan fingerprint density at radius 3 is 2.81 bits per heavy atom. The van der Waals surface area contributed by atoms with Gasteiger partial charge in [-0.05, 0) is 42.7 Å². The van der Waals surface area contributed by atoms with Crippen molar-refractivity contribution in [3.05, 3.63) is 66.6 Å². The normalized spacial score (nSPS) is 22.7. The number of fused-ring (bicyclic) bond motifs is 1. The van der Waals surface area contributed by atoms with Crippen LogP contribution >= 0.6 is 0 Å². The first kappa shape index (κ1) is 20.5. The predicted octanol–water partition coefficient (Wildman–Crippen LogP) is 2.45. The molecular weight excluding hydrogens is 406 g/mol. The van der Waals surface area contributed by atoms with E-state index in [4.69, 9.17) is 4.74 Å². The first-order valence-electron chi connectivity index (χ1n) is 11.1. The number of pyridine rings is 1. The van der Waals surface area contributed by atoms with Crippen LogP contribution in [0.1, 0.15) is 31.2 Å². The molecule has 5 rings (SSSR count). The van der Waals surface area contributed by atoms with E-state index in [9.17, 15) is 9.90 Å². The second kappa shape index (κ2) is 9.00. The number of carbonyl (C=O) groups is 1. The number of aliphatic hydroxyl groups is 1. The monoisotopic (exact) mass is 433 g/mol. The second-order valence-corrected chi connectivity index (χ2v) is 8.40. The van der Waals surface area contributed by atoms with Gasteiger partial charge in [0.2, 0.25) is 0 Å². The number of carbonyl (C=O) groups excluding carboxylic acids is 1. The molecule has 8 nitrogen and oxygen atoms in total. The summed E-state index contributed by atoms with van der Waals surface area (Å²) in [5.41, 5.74) is 1.98. The van der Waals surface area contributed by atoms with Crippen molar-refractivity contribution in [3.63, 3.8) is 0 Å². The molecule has 2 aromatic heterocycles. The van der Waals surface area contributed by atoms with E-state index in [1.165, 1.54) is 0 Å². The van der Waals surface area contributed by atoms with Crippen molar-refractivity contribution in [2.24, 2.45) is 0 Å². The number of hydrogen-bond donors (Lipinski definition) is 2. The Kier molecular flexibility index (Phi) is 5.77. The summed E-state index contributed by atoms with van der Waals surface area (Å²) in [6, 6.07) is 13.4. The molecule has 2 N–H and O–H groups in total. The molecule has 0 radical (unpaired) electrons. The summed E-state index contributed by atoms with van der Waals surface area (Å²) < 4.78 is 7.76. The van der Waals surface area contributed by atoms with E-state index in [0.717, 1.165) is 42.8 Å². The molecule has 2 aliphatic rings. The minimum Gasteiger partial charge on any atom is -0.477 e. The molecule has 32 heavy (non-hydrogen) atoms. The maximum absolute atomic E-state index is 13.0. The molecule has 0 saturated heterocycles. The third-order valence-electron chi connectivity index (χ3n) is 6.13. The van der Waals surface area contributed by atoms with E-state index < -0.39 is 12.2 Å². The number of nitrogens with zero attached hydrogens (tertiary/aromatic N) is 4. The molecule has 8 heteroatoms. The van der Waals surface area contributed by atoms with Gasteiger partial charge < -0.3 is 20.1 Å². The van der Waals surface area contributed by atoms with Crippen molar-refractivity contribution in [2.75, 3.05) is 11.4 Å². The van der Waals surface area contributed by atoms with Gasteiger partial charge in [-0.2, -0.15) is 5.10 Å². The van der Waals surface area contributed by atoms with Crippen LogP contribution in [-0.4, -0.2) is 50.6 Å². The predicted molar refractivity (Wildman–Crippen MR) is 120 cm³/mol. The van der Waals surface area contributed by atoms with E-state index in [2.05, 4.69) is 20.3 Å². The topological polar surface area (TPSA) is 92.5 Å². The lowest BCUT2D eigenvalue weighted by Gasteiger charge is -2.37. The molecule has 3 atom stereocenters. The Morgan fingerprint density at radius 2 is 2.03 bits per heavy atom. The summed E-state index contributed by atoms with van der Waals surface area (Å²) in [7, 11) is 0. The van der Waals surface area contributed by atoms with Gasteiger partial charge in [-0.1, -0.05) is 31.0 Å². The molecule has 1 aliphatic carbocycles. The summed E-state index contributed by atoms with van der Waals surface area (Å²) in [6.45, 7) is 1.02. The molecule has 0 spiro atoms. The third kappa shape index (κ3) is 4.31. The zero-order valence-electron chi connectivity index (χ0n) is 17.8. The average molecular weight is 434 g/mol. The van der Waals surface area contributed by atoms with Crippen LogP contribution in [-0.2, 0) is 11.3 Å². The lowest BCUT2D eigenvalue weighted by atomic mass is 9.92. The minimum atomic E-state index is -0.643. The standard InChI is InChI=1S/C24H27N5O3/c30-20-8-3-1-6-18(20)27-24(31)22-16-28(19-7-2-4-9-21(19)32-22)15-17-10-11-23(25-14-17)29-13-5-12-26-29/h2,4-5,7,9-14,18,20,22,30H,1,3,6,8,15-16H2,(H,27,31)/t18-,20-,22?/m0/s1. The van der Waals surface area contributed by atoms with E-state index in [1.54, 1.807) is 10.9 Å². The number of nitrogens with one attached hydrogen (secondary N) is 1. The molecule has 166 valence electrons. The van der Waals surface area contributed by atoms with Crippen LogP contribution in [0.4, 0.5) is 5.69 Å². The number of ether oxygens (including phenoxy) is 1. The Hall–Kier alpha value is -3.39. The highest BCUT2D eigenvalue weighted by Crippen LogP contribution is 2.34. The average Bonchev–Trinajstić information content (AvgIpc) is 3.36. The van der Waals surface area contributed by atoms with Crippen molar-refractivity contribution in [2.45, 2.75) is 50.5 Å². The van der Waals surface area contributed by atoms with Crippen molar-refractivity contribution in [3.8, 4) is 11.6 Å². The summed E-state index contributed by atoms with van der Waals surface area (Å²) in [4.78, 5) is 19.7. The molecule has 1 fully saturated rings. The quantitative estimate of drug-likeness (QED) is 0.642. The van der Waals surface area contributed by atoms with Gasteiger partial charge in [-0.15, -0.1) is 0 Å². The van der Waals surface area contributed by atoms with Gasteiger partial charge >= 0.3 is 0 Å². The molecular formula is C24H27N5O3. The van der Waals surface area contributed by atoms with Crippen molar-refractivity contribution >= 4 is 11.6 Å². The van der Waals surface area contributed by atoms with Crippen LogP contribution in [0.25, 0.3) is 5.82 Å². The largest absolute Gasteiger partial charge is 0.477 e. The number of aliphatic hydroxyl groups excluding tert-OH is 1. The fraction of sp³-hybridized carbons (Fsp3) is 0.375. The number of rotatable bonds is 5. The van der Waals surface area contributed by atoms with Gasteiger partial charge in [-0.3, -0.25) is 4.79 Å². The summed E-state index contributed by atoms with van der Waals surface area (Å²) in [5, 5.41) is 17.5. The van der Waals surface area contributed by atoms with Gasteiger partial charge in [0.05, 0.1) is 24.4 Å². The Labute approximate surface area is 186 Å². The zero-order valence-corrected chi connectivity index (χ0v) is 17.8. The SMILES string of the molecule is O=C(N[C@H]1CCCC[C@@H]1O)C1CN(Cc2ccc(-n3cccn3)nc2)c2ccccc2O1. The summed E-state index contributed by atoms with van der Waals surface area (Å²) >= 11 is 0. The summed E-state index contributed by atoms with van der Waals surface area (Å²) in [6.07, 6.45) is 7.83. The lowest BCUT2D eigenvalue weighted by Crippen LogP contribution is -2.54. The van der Waals surface area contributed by atoms with Gasteiger partial charge in [0.1, 0.15) is 5.75 Å². The third-order valence-corrected chi connectivity index (χ3v) is 6.13. The maximum Gasteiger partial charge on any atom is 0.263 e. The zero-order chi connectivity index (χ0) is 21.9. The molecule has 3 heterocycles. The number of para-hydroxylation sites is 2. The highest BCUT2D eigenvalue weighted by Gasteiger charge is 2.33. The molecule has 1 amide bonds. The number of anilines is 1. The lowest BCUT2D eigenvalue weighted by molar-refractivity contribution is -0.129. The minimum absolute atomic E-state index is 0.178. The van der Waals surface area contributed by atoms with Gasteiger partial charge in [0.15, 0.2) is 11.9 Å². The van der Waals surface area contributed by atoms with Gasteiger partial charge in [0, 0.05) is 25.1 Å². The van der Waals surface area contributed by atoms with Gasteiger partial charge in [-0.25, -0.2) is 9.67 Å². The van der Waals surface area contributed by atoms with E-state index >= 15 is 0 Å². The van der Waals surface area contributed by atoms with Crippen LogP contribution in [0, 0.1) is 0 Å². The molecule has 1 unspecified atom stereocenters. The number of aromatic nitrogens is 3. The fourth-order valence-corrected chi connectivity index (χ4v) is 4.42. The van der Waals surface area contributed by atoms with E-state index in [1.807, 2.05) is 54.9 Å². The second-order valence-electron chi connectivity index (χ2n) is 8.40. The number of amides is 1. The number of benzene rings is 1. The van der Waals surface area contributed by atoms with Crippen LogP contribution < -0.4 is 15.0 Å².